The minimum atomic E-state index is -1.09. The summed E-state index contributed by atoms with van der Waals surface area (Å²) in [6, 6.07) is 23.8. The number of ether oxygens (including phenoxy) is 2. The number of rotatable bonds is 6. The smallest absolute Gasteiger partial charge is 0.198 e. The normalized spacial score (nSPS) is 19.8. The van der Waals surface area contributed by atoms with Crippen LogP contribution >= 0.6 is 23.2 Å². The van der Waals surface area contributed by atoms with E-state index in [4.69, 9.17) is 32.7 Å². The van der Waals surface area contributed by atoms with Gasteiger partial charge in [-0.05, 0) is 162 Å². The number of Topliss-reactive ketones (excluding diaryl/α,β-unsaturated/α-hetero) is 2. The monoisotopic (exact) mass is 798 g/mol. The molecule has 3 aliphatic rings. The molecule has 294 valence electrons. The first-order valence-corrected chi connectivity index (χ1v) is 19.7. The summed E-state index contributed by atoms with van der Waals surface area (Å²) in [5.41, 5.74) is 3.03. The molecule has 7 rings (SSSR count). The van der Waals surface area contributed by atoms with Crippen molar-refractivity contribution >= 4 is 45.9 Å². The molecular formula is C47H49Cl2FO6. The lowest BCUT2D eigenvalue weighted by Gasteiger charge is -2.41. The highest BCUT2D eigenvalue weighted by Crippen LogP contribution is 2.48. The Morgan fingerprint density at radius 2 is 1.09 bits per heavy atom. The molecule has 56 heavy (non-hydrogen) atoms. The summed E-state index contributed by atoms with van der Waals surface area (Å²) in [7, 11) is 0. The molecule has 2 N–H and O–H groups in total. The molecule has 6 nitrogen and oxygen atoms in total. The van der Waals surface area contributed by atoms with E-state index < -0.39 is 28.2 Å². The van der Waals surface area contributed by atoms with Gasteiger partial charge in [-0.15, -0.1) is 0 Å². The fourth-order valence-electron chi connectivity index (χ4n) is 7.74. The van der Waals surface area contributed by atoms with Crippen molar-refractivity contribution in [1.29, 1.82) is 0 Å². The number of aliphatic hydroxyl groups excluding tert-OH is 2. The number of halogens is 3. The lowest BCUT2D eigenvalue weighted by molar-refractivity contribution is -0.158. The maximum Gasteiger partial charge on any atom is 0.198 e. The van der Waals surface area contributed by atoms with E-state index in [1.807, 2.05) is 49.4 Å². The van der Waals surface area contributed by atoms with Crippen LogP contribution in [0.2, 0.25) is 10.0 Å². The van der Waals surface area contributed by atoms with Crippen molar-refractivity contribution < 1.29 is 33.7 Å². The summed E-state index contributed by atoms with van der Waals surface area (Å²) in [5, 5.41) is 22.9. The number of hydrogen-bond acceptors (Lipinski definition) is 6. The van der Waals surface area contributed by atoms with Gasteiger partial charge in [-0.1, -0.05) is 66.5 Å². The van der Waals surface area contributed by atoms with Crippen LogP contribution in [0.4, 0.5) is 4.39 Å². The highest BCUT2D eigenvalue weighted by molar-refractivity contribution is 6.31. The van der Waals surface area contributed by atoms with Crippen molar-refractivity contribution in [2.75, 3.05) is 0 Å². The Kier molecular flexibility index (Phi) is 11.0. The van der Waals surface area contributed by atoms with Gasteiger partial charge in [-0.3, -0.25) is 9.59 Å². The van der Waals surface area contributed by atoms with Crippen molar-refractivity contribution in [2.24, 2.45) is 0 Å². The molecule has 0 aromatic heterocycles. The third-order valence-electron chi connectivity index (χ3n) is 10.7. The Hall–Kier alpha value is -4.27. The predicted octanol–water partition coefficient (Wildman–Crippen LogP) is 12.4. The van der Waals surface area contributed by atoms with E-state index in [0.29, 0.717) is 44.6 Å². The Morgan fingerprint density at radius 3 is 1.61 bits per heavy atom. The summed E-state index contributed by atoms with van der Waals surface area (Å²) in [4.78, 5) is 26.4. The minimum absolute atomic E-state index is 0.00646. The zero-order valence-corrected chi connectivity index (χ0v) is 34.9. The fourth-order valence-corrected chi connectivity index (χ4v) is 8.02. The van der Waals surface area contributed by atoms with Crippen LogP contribution in [-0.4, -0.2) is 44.2 Å². The molecule has 0 saturated heterocycles. The van der Waals surface area contributed by atoms with Gasteiger partial charge in [0.25, 0.3) is 0 Å². The zero-order chi connectivity index (χ0) is 41.1. The predicted molar refractivity (Wildman–Crippen MR) is 223 cm³/mol. The van der Waals surface area contributed by atoms with E-state index in [1.54, 1.807) is 73.6 Å². The average Bonchev–Trinajstić information content (AvgIpc) is 3.96. The van der Waals surface area contributed by atoms with E-state index in [2.05, 4.69) is 12.1 Å². The quantitative estimate of drug-likeness (QED) is 0.202. The Balaban J connectivity index is 0.000000190. The highest BCUT2D eigenvalue weighted by atomic mass is 35.5. The molecule has 4 aromatic rings. The summed E-state index contributed by atoms with van der Waals surface area (Å²) >= 11 is 11.9. The van der Waals surface area contributed by atoms with E-state index in [0.717, 1.165) is 40.7 Å². The molecular weight excluding hydrogens is 750 g/mol. The molecule has 0 atom stereocenters. The summed E-state index contributed by atoms with van der Waals surface area (Å²) in [6.45, 7) is 15.9. The first-order chi connectivity index (χ1) is 26.1. The summed E-state index contributed by atoms with van der Waals surface area (Å²) < 4.78 is 26.2. The molecule has 2 heterocycles. The SMILES string of the molecule is CC1(C)OC(C)(C)C(O)=C(c2cc(-c3ccc(Cl)cc3)ccc2C2CC2)C1=O.CCc1ccc(-c2ccc(Cl)cc2F)cc1C1=C(O)C(C)(C)OC(C)(C)C1=O. The van der Waals surface area contributed by atoms with Crippen LogP contribution in [-0.2, 0) is 25.5 Å². The fraction of sp³-hybridized carbons (Fsp3) is 0.362. The van der Waals surface area contributed by atoms with Gasteiger partial charge in [0, 0.05) is 15.6 Å². The highest BCUT2D eigenvalue weighted by Gasteiger charge is 2.49. The van der Waals surface area contributed by atoms with Gasteiger partial charge in [-0.2, -0.15) is 0 Å². The van der Waals surface area contributed by atoms with Gasteiger partial charge >= 0.3 is 0 Å². The number of aryl methyl sites for hydroxylation is 1. The number of aliphatic hydroxyl groups is 2. The molecule has 1 saturated carbocycles. The molecule has 0 amide bonds. The molecule has 0 spiro atoms. The summed E-state index contributed by atoms with van der Waals surface area (Å²) in [5.74, 6) is -0.587. The van der Waals surface area contributed by atoms with E-state index in [9.17, 15) is 24.2 Å². The zero-order valence-electron chi connectivity index (χ0n) is 33.4. The van der Waals surface area contributed by atoms with E-state index in [1.165, 1.54) is 6.07 Å². The molecule has 1 aliphatic carbocycles. The Morgan fingerprint density at radius 1 is 0.607 bits per heavy atom. The maximum absolute atomic E-state index is 14.5. The van der Waals surface area contributed by atoms with Crippen molar-refractivity contribution in [3.8, 4) is 22.3 Å². The Bertz CT molecular complexity index is 2290. The van der Waals surface area contributed by atoms with Crippen LogP contribution in [0.25, 0.3) is 33.4 Å². The van der Waals surface area contributed by atoms with Crippen molar-refractivity contribution in [2.45, 2.75) is 110 Å². The van der Waals surface area contributed by atoms with Gasteiger partial charge in [0.1, 0.15) is 39.7 Å². The molecule has 4 aromatic carbocycles. The number of hydrogen-bond donors (Lipinski definition) is 2. The van der Waals surface area contributed by atoms with Gasteiger partial charge in [0.05, 0.1) is 11.1 Å². The topological polar surface area (TPSA) is 93.1 Å². The van der Waals surface area contributed by atoms with Crippen LogP contribution in [0, 0.1) is 5.82 Å². The Labute approximate surface area is 339 Å². The molecule has 0 unspecified atom stereocenters. The van der Waals surface area contributed by atoms with E-state index >= 15 is 0 Å². The first kappa shape index (κ1) is 41.4. The molecule has 0 radical (unpaired) electrons. The van der Waals surface area contributed by atoms with Crippen molar-refractivity contribution in [3.63, 3.8) is 0 Å². The van der Waals surface area contributed by atoms with Crippen LogP contribution < -0.4 is 0 Å². The van der Waals surface area contributed by atoms with Crippen LogP contribution in [0.5, 0.6) is 0 Å². The standard InChI is InChI=1S/C24H25ClO3.C23H24ClFO3/c1-23(2)21(26)20(22(27)24(3,4)28-23)19-13-16(9-12-18(19)15-5-6-15)14-7-10-17(25)11-8-14;1-6-13-7-8-14(16-10-9-15(24)12-18(16)25)11-17(13)19-20(26)22(2,3)28-23(4,5)21(19)27/h7-13,15,26H,5-6H2,1-4H3;7-12,26H,6H2,1-5H3. The number of benzene rings is 4. The third kappa shape index (κ3) is 7.97. The number of ketones is 2. The first-order valence-electron chi connectivity index (χ1n) is 18.9. The second kappa shape index (κ2) is 14.9. The van der Waals surface area contributed by atoms with Gasteiger partial charge in [0.15, 0.2) is 11.6 Å². The van der Waals surface area contributed by atoms with Crippen LogP contribution in [0.15, 0.2) is 90.4 Å². The lowest BCUT2D eigenvalue weighted by Crippen LogP contribution is -2.49. The van der Waals surface area contributed by atoms with E-state index in [-0.39, 0.29) is 28.7 Å². The second-order valence-corrected chi connectivity index (χ2v) is 17.7. The minimum Gasteiger partial charge on any atom is -0.508 e. The largest absolute Gasteiger partial charge is 0.508 e. The van der Waals surface area contributed by atoms with Gasteiger partial charge < -0.3 is 19.7 Å². The second-order valence-electron chi connectivity index (χ2n) is 16.8. The number of carbonyl (C=O) groups is 2. The van der Waals surface area contributed by atoms with Crippen LogP contribution in [0.3, 0.4) is 0 Å². The average molecular weight is 800 g/mol. The summed E-state index contributed by atoms with van der Waals surface area (Å²) in [6.07, 6.45) is 2.88. The molecule has 0 bridgehead atoms. The molecule has 2 aliphatic heterocycles. The third-order valence-corrected chi connectivity index (χ3v) is 11.2. The maximum atomic E-state index is 14.5. The van der Waals surface area contributed by atoms with Gasteiger partial charge in [0.2, 0.25) is 0 Å². The van der Waals surface area contributed by atoms with Crippen molar-refractivity contribution in [1.82, 2.24) is 0 Å². The molecule has 1 fully saturated rings. The molecule has 9 heteroatoms. The van der Waals surface area contributed by atoms with Gasteiger partial charge in [-0.25, -0.2) is 4.39 Å². The van der Waals surface area contributed by atoms with Crippen molar-refractivity contribution in [3.05, 3.63) is 128 Å². The van der Waals surface area contributed by atoms with Crippen LogP contribution in [0.1, 0.15) is 103 Å². The lowest BCUT2D eigenvalue weighted by atomic mass is 9.80. The number of carbonyl (C=O) groups excluding carboxylic acids is 2.